The molecule has 2 amide bonds. The van der Waals surface area contributed by atoms with E-state index in [0.717, 1.165) is 47.4 Å². The van der Waals surface area contributed by atoms with Gasteiger partial charge in [0, 0.05) is 12.6 Å². The van der Waals surface area contributed by atoms with Crippen molar-refractivity contribution >= 4 is 27.5 Å². The zero-order valence-corrected chi connectivity index (χ0v) is 24.7. The summed E-state index contributed by atoms with van der Waals surface area (Å²) in [6, 6.07) is 13.9. The predicted molar refractivity (Wildman–Crippen MR) is 155 cm³/mol. The van der Waals surface area contributed by atoms with Gasteiger partial charge in [-0.05, 0) is 60.6 Å². The number of ether oxygens (including phenoxy) is 1. The summed E-state index contributed by atoms with van der Waals surface area (Å²) in [6.07, 6.45) is 6.70. The highest BCUT2D eigenvalue weighted by Crippen LogP contribution is 2.24. The standard InChI is InChI=1S/C30H43N3O5S/c1-6-28(30(35)31-25-10-8-7-9-11-25)32(20-23-12-18-27(38-4)19-13-23)29(34)21-33(39(5,36)37)26-16-14-24(15-17-26)22(2)3/h12-19,22,25,28H,6-11,20-21H2,1-5H3,(H,31,35)/t28-/m1/s1. The molecule has 1 saturated carbocycles. The Labute approximate surface area is 233 Å². The molecule has 1 atom stereocenters. The summed E-state index contributed by atoms with van der Waals surface area (Å²) in [7, 11) is -2.18. The maximum atomic E-state index is 13.9. The van der Waals surface area contributed by atoms with E-state index in [2.05, 4.69) is 19.2 Å². The maximum Gasteiger partial charge on any atom is 0.244 e. The van der Waals surface area contributed by atoms with Gasteiger partial charge in [-0.2, -0.15) is 0 Å². The Morgan fingerprint density at radius 1 is 1.00 bits per heavy atom. The van der Waals surface area contributed by atoms with Crippen LogP contribution in [-0.4, -0.2) is 57.1 Å². The minimum absolute atomic E-state index is 0.102. The zero-order chi connectivity index (χ0) is 28.6. The molecule has 0 bridgehead atoms. The number of carbonyl (C=O) groups excluding carboxylic acids is 2. The second-order valence-electron chi connectivity index (χ2n) is 10.7. The number of anilines is 1. The highest BCUT2D eigenvalue weighted by atomic mass is 32.2. The van der Waals surface area contributed by atoms with Crippen molar-refractivity contribution in [2.24, 2.45) is 0 Å². The highest BCUT2D eigenvalue weighted by Gasteiger charge is 2.32. The predicted octanol–water partition coefficient (Wildman–Crippen LogP) is 4.84. The molecule has 2 aromatic rings. The molecule has 1 fully saturated rings. The van der Waals surface area contributed by atoms with Crippen molar-refractivity contribution in [3.05, 3.63) is 59.7 Å². The fourth-order valence-corrected chi connectivity index (χ4v) is 5.88. The number of nitrogens with zero attached hydrogens (tertiary/aromatic N) is 2. The molecule has 0 heterocycles. The van der Waals surface area contributed by atoms with Gasteiger partial charge in [0.1, 0.15) is 18.3 Å². The molecule has 214 valence electrons. The first kappa shape index (κ1) is 30.5. The molecule has 1 aliphatic rings. The Morgan fingerprint density at radius 3 is 2.13 bits per heavy atom. The molecule has 0 saturated heterocycles. The van der Waals surface area contributed by atoms with Crippen LogP contribution in [0.4, 0.5) is 5.69 Å². The van der Waals surface area contributed by atoms with Gasteiger partial charge in [0.25, 0.3) is 0 Å². The molecule has 0 aromatic heterocycles. The molecule has 2 aromatic carbocycles. The molecule has 0 radical (unpaired) electrons. The van der Waals surface area contributed by atoms with E-state index in [1.54, 1.807) is 31.4 Å². The van der Waals surface area contributed by atoms with Gasteiger partial charge in [-0.1, -0.05) is 64.3 Å². The topological polar surface area (TPSA) is 96.0 Å². The number of methoxy groups -OCH3 is 1. The van der Waals surface area contributed by atoms with Crippen LogP contribution in [0.2, 0.25) is 0 Å². The van der Waals surface area contributed by atoms with Crippen LogP contribution in [0, 0.1) is 0 Å². The average Bonchev–Trinajstić information content (AvgIpc) is 2.91. The molecule has 8 nitrogen and oxygen atoms in total. The van der Waals surface area contributed by atoms with Crippen molar-refractivity contribution < 1.29 is 22.7 Å². The fraction of sp³-hybridized carbons (Fsp3) is 0.533. The third-order valence-corrected chi connectivity index (χ3v) is 8.52. The molecule has 1 aliphatic carbocycles. The minimum Gasteiger partial charge on any atom is -0.497 e. The largest absolute Gasteiger partial charge is 0.497 e. The van der Waals surface area contributed by atoms with Crippen LogP contribution in [0.25, 0.3) is 0 Å². The van der Waals surface area contributed by atoms with E-state index in [0.29, 0.717) is 23.8 Å². The summed E-state index contributed by atoms with van der Waals surface area (Å²) in [5.41, 5.74) is 2.31. The van der Waals surface area contributed by atoms with E-state index in [-0.39, 0.29) is 18.5 Å². The SMILES string of the molecule is CC[C@H](C(=O)NC1CCCCC1)N(Cc1ccc(OC)cc1)C(=O)CN(c1ccc(C(C)C)cc1)S(C)(=O)=O. The lowest BCUT2D eigenvalue weighted by Crippen LogP contribution is -2.53. The van der Waals surface area contributed by atoms with Crippen LogP contribution in [0.15, 0.2) is 48.5 Å². The van der Waals surface area contributed by atoms with Crippen LogP contribution in [0.1, 0.15) is 76.3 Å². The van der Waals surface area contributed by atoms with E-state index in [1.807, 2.05) is 31.2 Å². The Bertz CT molecular complexity index is 1190. The number of benzene rings is 2. The average molecular weight is 558 g/mol. The molecular weight excluding hydrogens is 514 g/mol. The van der Waals surface area contributed by atoms with E-state index >= 15 is 0 Å². The van der Waals surface area contributed by atoms with Crippen molar-refractivity contribution in [3.63, 3.8) is 0 Å². The molecule has 1 N–H and O–H groups in total. The van der Waals surface area contributed by atoms with Crippen LogP contribution in [-0.2, 0) is 26.2 Å². The number of nitrogens with one attached hydrogen (secondary N) is 1. The second-order valence-corrected chi connectivity index (χ2v) is 12.6. The van der Waals surface area contributed by atoms with Crippen LogP contribution < -0.4 is 14.4 Å². The van der Waals surface area contributed by atoms with E-state index in [1.165, 1.54) is 11.3 Å². The Hall–Kier alpha value is -3.07. The lowest BCUT2D eigenvalue weighted by atomic mass is 9.95. The number of amides is 2. The number of hydrogen-bond acceptors (Lipinski definition) is 5. The first-order valence-electron chi connectivity index (χ1n) is 13.8. The molecule has 0 unspecified atom stereocenters. The van der Waals surface area contributed by atoms with E-state index < -0.39 is 28.5 Å². The quantitative estimate of drug-likeness (QED) is 0.403. The second kappa shape index (κ2) is 13.8. The third kappa shape index (κ3) is 8.46. The molecular formula is C30H43N3O5S. The van der Waals surface area contributed by atoms with E-state index in [4.69, 9.17) is 4.74 Å². The van der Waals surface area contributed by atoms with Gasteiger partial charge in [-0.3, -0.25) is 13.9 Å². The number of hydrogen-bond donors (Lipinski definition) is 1. The first-order chi connectivity index (χ1) is 18.5. The van der Waals surface area contributed by atoms with Gasteiger partial charge in [0.2, 0.25) is 21.8 Å². The Kier molecular flexibility index (Phi) is 10.8. The van der Waals surface area contributed by atoms with Gasteiger partial charge >= 0.3 is 0 Å². The summed E-state index contributed by atoms with van der Waals surface area (Å²) >= 11 is 0. The lowest BCUT2D eigenvalue weighted by Gasteiger charge is -2.34. The number of rotatable bonds is 12. The van der Waals surface area contributed by atoms with Crippen molar-refractivity contribution in [2.45, 2.75) is 83.8 Å². The van der Waals surface area contributed by atoms with Gasteiger partial charge in [-0.15, -0.1) is 0 Å². The van der Waals surface area contributed by atoms with Gasteiger partial charge in [0.05, 0.1) is 19.1 Å². The Morgan fingerprint density at radius 2 is 1.62 bits per heavy atom. The summed E-state index contributed by atoms with van der Waals surface area (Å²) in [5.74, 6) is 0.348. The van der Waals surface area contributed by atoms with Crippen LogP contribution in [0.5, 0.6) is 5.75 Å². The normalized spacial score (nSPS) is 15.0. The van der Waals surface area contributed by atoms with Gasteiger partial charge in [-0.25, -0.2) is 8.42 Å². The molecule has 9 heteroatoms. The smallest absolute Gasteiger partial charge is 0.244 e. The molecule has 3 rings (SSSR count). The highest BCUT2D eigenvalue weighted by molar-refractivity contribution is 7.92. The fourth-order valence-electron chi connectivity index (χ4n) is 5.03. The lowest BCUT2D eigenvalue weighted by molar-refractivity contribution is -0.140. The van der Waals surface area contributed by atoms with Gasteiger partial charge < -0.3 is 15.0 Å². The monoisotopic (exact) mass is 557 g/mol. The summed E-state index contributed by atoms with van der Waals surface area (Å²) < 4.78 is 32.0. The van der Waals surface area contributed by atoms with Crippen LogP contribution >= 0.6 is 0 Å². The van der Waals surface area contributed by atoms with Crippen molar-refractivity contribution in [1.82, 2.24) is 10.2 Å². The Balaban J connectivity index is 1.91. The zero-order valence-electron chi connectivity index (χ0n) is 23.9. The van der Waals surface area contributed by atoms with E-state index in [9.17, 15) is 18.0 Å². The summed E-state index contributed by atoms with van der Waals surface area (Å²) in [4.78, 5) is 28.9. The minimum atomic E-state index is -3.77. The van der Waals surface area contributed by atoms with Crippen molar-refractivity contribution in [3.8, 4) is 5.75 Å². The van der Waals surface area contributed by atoms with Crippen LogP contribution in [0.3, 0.4) is 0 Å². The maximum absolute atomic E-state index is 13.9. The molecule has 0 aliphatic heterocycles. The third-order valence-electron chi connectivity index (χ3n) is 7.38. The number of carbonyl (C=O) groups is 2. The number of sulfonamides is 1. The first-order valence-corrected chi connectivity index (χ1v) is 15.7. The summed E-state index contributed by atoms with van der Waals surface area (Å²) in [6.45, 7) is 5.77. The molecule has 39 heavy (non-hydrogen) atoms. The van der Waals surface area contributed by atoms with Crippen molar-refractivity contribution in [2.75, 3.05) is 24.2 Å². The van der Waals surface area contributed by atoms with Crippen molar-refractivity contribution in [1.29, 1.82) is 0 Å². The molecule has 0 spiro atoms. The summed E-state index contributed by atoms with van der Waals surface area (Å²) in [5, 5.41) is 3.16. The van der Waals surface area contributed by atoms with Gasteiger partial charge in [0.15, 0.2) is 0 Å².